The normalized spacial score (nSPS) is 11.7. The molecule has 0 unspecified atom stereocenters. The first-order valence-corrected chi connectivity index (χ1v) is 8.13. The molecule has 0 saturated carbocycles. The van der Waals surface area contributed by atoms with Crippen LogP contribution in [-0.2, 0) is 0 Å². The van der Waals surface area contributed by atoms with Crippen LogP contribution < -0.4 is 22.5 Å². The molecule has 26 heavy (non-hydrogen) atoms. The first kappa shape index (κ1) is 14.5. The number of pyridine rings is 2. The summed E-state index contributed by atoms with van der Waals surface area (Å²) in [5.41, 5.74) is 1.93. The number of nitrogens with two attached hydrogens (primary N) is 2. The van der Waals surface area contributed by atoms with Crippen LogP contribution in [0.2, 0.25) is 0 Å². The van der Waals surface area contributed by atoms with E-state index in [0.717, 1.165) is 0 Å². The van der Waals surface area contributed by atoms with Crippen molar-refractivity contribution < 1.29 is 0 Å². The van der Waals surface area contributed by atoms with Crippen LogP contribution in [0, 0.1) is 0 Å². The van der Waals surface area contributed by atoms with E-state index in [1.165, 1.54) is 9.35 Å². The molecule has 0 amide bonds. The standard InChI is InChI=1S/C20H14N4O2/c21-23-15-7-3-1-5-11(15)19(25)13-9-18-14(10-17(13)23)20(26)12-6-2-4-8-16(12)24(18)22/h1-10H,21-22H2. The summed E-state index contributed by atoms with van der Waals surface area (Å²) in [7, 11) is 0. The van der Waals surface area contributed by atoms with Crippen molar-refractivity contribution in [2.45, 2.75) is 0 Å². The van der Waals surface area contributed by atoms with Crippen LogP contribution in [0.5, 0.6) is 0 Å². The molecular weight excluding hydrogens is 328 g/mol. The van der Waals surface area contributed by atoms with Crippen LogP contribution >= 0.6 is 0 Å². The van der Waals surface area contributed by atoms with Gasteiger partial charge >= 0.3 is 0 Å². The van der Waals surface area contributed by atoms with Gasteiger partial charge in [-0.2, -0.15) is 0 Å². The fraction of sp³-hybridized carbons (Fsp3) is 0. The Balaban J connectivity index is 2.12. The van der Waals surface area contributed by atoms with E-state index >= 15 is 0 Å². The molecule has 0 aliphatic heterocycles. The number of rotatable bonds is 0. The molecule has 5 rings (SSSR count). The summed E-state index contributed by atoms with van der Waals surface area (Å²) in [5.74, 6) is 12.5. The molecule has 0 atom stereocenters. The Kier molecular flexibility index (Phi) is 2.72. The molecular formula is C20H14N4O2. The van der Waals surface area contributed by atoms with E-state index in [4.69, 9.17) is 11.7 Å². The highest BCUT2D eigenvalue weighted by Gasteiger charge is 2.14. The van der Waals surface area contributed by atoms with Crippen molar-refractivity contribution in [3.63, 3.8) is 0 Å². The number of para-hydroxylation sites is 2. The van der Waals surface area contributed by atoms with Gasteiger partial charge in [-0.05, 0) is 36.4 Å². The van der Waals surface area contributed by atoms with Crippen molar-refractivity contribution in [2.24, 2.45) is 0 Å². The Morgan fingerprint density at radius 2 is 0.923 bits per heavy atom. The summed E-state index contributed by atoms with van der Waals surface area (Å²) in [6.45, 7) is 0. The largest absolute Gasteiger partial charge is 0.339 e. The monoisotopic (exact) mass is 342 g/mol. The van der Waals surface area contributed by atoms with Gasteiger partial charge in [0.1, 0.15) is 0 Å². The number of fused-ring (bicyclic) bond motifs is 4. The second-order valence-electron chi connectivity index (χ2n) is 6.32. The third-order valence-corrected chi connectivity index (χ3v) is 4.94. The lowest BCUT2D eigenvalue weighted by Gasteiger charge is -2.14. The van der Waals surface area contributed by atoms with Crippen LogP contribution in [0.1, 0.15) is 0 Å². The summed E-state index contributed by atoms with van der Waals surface area (Å²) in [6.07, 6.45) is 0. The lowest BCUT2D eigenvalue weighted by atomic mass is 10.0. The van der Waals surface area contributed by atoms with Crippen LogP contribution in [0.4, 0.5) is 0 Å². The van der Waals surface area contributed by atoms with Crippen LogP contribution in [-0.4, -0.2) is 9.35 Å². The molecule has 0 saturated heterocycles. The molecule has 3 aromatic carbocycles. The van der Waals surface area contributed by atoms with E-state index in [1.54, 1.807) is 48.5 Å². The second-order valence-corrected chi connectivity index (χ2v) is 6.32. The highest BCUT2D eigenvalue weighted by molar-refractivity contribution is 6.03. The van der Waals surface area contributed by atoms with Crippen molar-refractivity contribution in [3.05, 3.63) is 81.1 Å². The lowest BCUT2D eigenvalue weighted by Crippen LogP contribution is -2.20. The molecule has 0 bridgehead atoms. The van der Waals surface area contributed by atoms with Crippen LogP contribution in [0.3, 0.4) is 0 Å². The summed E-state index contributed by atoms with van der Waals surface area (Å²) in [6, 6.07) is 17.6. The van der Waals surface area contributed by atoms with Gasteiger partial charge in [-0.25, -0.2) is 0 Å². The van der Waals surface area contributed by atoms with Crippen molar-refractivity contribution in [3.8, 4) is 0 Å². The number of aromatic nitrogens is 2. The van der Waals surface area contributed by atoms with Gasteiger partial charge in [0, 0.05) is 10.8 Å². The smallest absolute Gasteiger partial charge is 0.197 e. The molecule has 0 fully saturated rings. The second kappa shape index (κ2) is 4.86. The summed E-state index contributed by atoms with van der Waals surface area (Å²) in [5, 5.41) is 1.89. The van der Waals surface area contributed by atoms with Gasteiger partial charge in [-0.3, -0.25) is 18.9 Å². The number of nitrogen functional groups attached to an aromatic ring is 2. The van der Waals surface area contributed by atoms with Gasteiger partial charge in [0.05, 0.1) is 32.8 Å². The zero-order valence-electron chi connectivity index (χ0n) is 13.6. The Morgan fingerprint density at radius 1 is 0.538 bits per heavy atom. The lowest BCUT2D eigenvalue weighted by molar-refractivity contribution is 1.09. The first-order valence-electron chi connectivity index (χ1n) is 8.13. The number of benzene rings is 3. The Morgan fingerprint density at radius 3 is 1.35 bits per heavy atom. The molecule has 2 aromatic heterocycles. The van der Waals surface area contributed by atoms with Gasteiger partial charge in [-0.1, -0.05) is 24.3 Å². The predicted octanol–water partition coefficient (Wildman–Crippen LogP) is 2.05. The topological polar surface area (TPSA) is 96.0 Å². The van der Waals surface area contributed by atoms with E-state index < -0.39 is 0 Å². The molecule has 0 aliphatic rings. The van der Waals surface area contributed by atoms with E-state index in [9.17, 15) is 9.59 Å². The number of hydrogen-bond acceptors (Lipinski definition) is 4. The highest BCUT2D eigenvalue weighted by atomic mass is 16.1. The molecule has 6 nitrogen and oxygen atoms in total. The average molecular weight is 342 g/mol. The van der Waals surface area contributed by atoms with Crippen LogP contribution in [0.25, 0.3) is 43.6 Å². The minimum atomic E-state index is -0.139. The summed E-state index contributed by atoms with van der Waals surface area (Å²) < 4.78 is 2.89. The van der Waals surface area contributed by atoms with Crippen molar-refractivity contribution in [1.29, 1.82) is 0 Å². The first-order chi connectivity index (χ1) is 12.6. The molecule has 0 spiro atoms. The third kappa shape index (κ3) is 1.70. The fourth-order valence-corrected chi connectivity index (χ4v) is 3.64. The number of nitrogens with zero attached hydrogens (tertiary/aromatic N) is 2. The minimum Gasteiger partial charge on any atom is -0.339 e. The molecule has 126 valence electrons. The van der Waals surface area contributed by atoms with Crippen molar-refractivity contribution in [2.75, 3.05) is 11.7 Å². The van der Waals surface area contributed by atoms with E-state index in [0.29, 0.717) is 43.6 Å². The maximum atomic E-state index is 12.9. The SMILES string of the molecule is Nn1c2ccccc2c(=O)c2cc3c(cc21)c(=O)c1ccccc1n3N. The summed E-state index contributed by atoms with van der Waals surface area (Å²) in [4.78, 5) is 25.9. The molecule has 0 aliphatic carbocycles. The Hall–Kier alpha value is -3.80. The average Bonchev–Trinajstić information content (AvgIpc) is 2.69. The summed E-state index contributed by atoms with van der Waals surface area (Å²) >= 11 is 0. The van der Waals surface area contributed by atoms with Gasteiger partial charge in [0.15, 0.2) is 10.9 Å². The highest BCUT2D eigenvalue weighted by Crippen LogP contribution is 2.23. The molecule has 0 radical (unpaired) electrons. The zero-order valence-corrected chi connectivity index (χ0v) is 13.6. The minimum absolute atomic E-state index is 0.139. The van der Waals surface area contributed by atoms with Gasteiger partial charge in [0.2, 0.25) is 0 Å². The molecule has 4 N–H and O–H groups in total. The predicted molar refractivity (Wildman–Crippen MR) is 105 cm³/mol. The third-order valence-electron chi connectivity index (χ3n) is 4.94. The van der Waals surface area contributed by atoms with Gasteiger partial charge < -0.3 is 11.7 Å². The van der Waals surface area contributed by atoms with E-state index in [-0.39, 0.29) is 10.9 Å². The van der Waals surface area contributed by atoms with Crippen molar-refractivity contribution >= 4 is 43.6 Å². The maximum absolute atomic E-state index is 12.9. The molecule has 2 heterocycles. The van der Waals surface area contributed by atoms with Crippen LogP contribution in [0.15, 0.2) is 70.3 Å². The molecule has 6 heteroatoms. The van der Waals surface area contributed by atoms with Gasteiger partial charge in [0.25, 0.3) is 0 Å². The Labute approximate surface area is 146 Å². The quantitative estimate of drug-likeness (QED) is 0.332. The molecule has 5 aromatic rings. The van der Waals surface area contributed by atoms with Gasteiger partial charge in [-0.15, -0.1) is 0 Å². The van der Waals surface area contributed by atoms with E-state index in [2.05, 4.69) is 0 Å². The maximum Gasteiger partial charge on any atom is 0.197 e. The fourth-order valence-electron chi connectivity index (χ4n) is 3.64. The Bertz CT molecular complexity index is 1380. The van der Waals surface area contributed by atoms with Crippen molar-refractivity contribution in [1.82, 2.24) is 9.35 Å². The zero-order chi connectivity index (χ0) is 18.0. The van der Waals surface area contributed by atoms with E-state index in [1.807, 2.05) is 12.1 Å². The number of hydrogen-bond donors (Lipinski definition) is 2.